The van der Waals surface area contributed by atoms with Crippen LogP contribution in [0.1, 0.15) is 69.3 Å². The molecule has 0 atom stereocenters. The number of nitriles is 1. The van der Waals surface area contributed by atoms with Gasteiger partial charge in [0.25, 0.3) is 0 Å². The van der Waals surface area contributed by atoms with Gasteiger partial charge < -0.3 is 0 Å². The predicted molar refractivity (Wildman–Crippen MR) is 78.8 cm³/mol. The molecule has 0 amide bonds. The van der Waals surface area contributed by atoms with Crippen molar-refractivity contribution in [3.8, 4) is 6.07 Å². The van der Waals surface area contributed by atoms with Crippen molar-refractivity contribution in [2.24, 2.45) is 0 Å². The summed E-state index contributed by atoms with van der Waals surface area (Å²) in [5, 5.41) is 9.74. The number of pyridine rings is 1. The molecule has 0 aromatic carbocycles. The van der Waals surface area contributed by atoms with Crippen molar-refractivity contribution < 1.29 is 8.78 Å². The predicted octanol–water partition coefficient (Wildman–Crippen LogP) is 5.20. The van der Waals surface area contributed by atoms with Gasteiger partial charge in [0.15, 0.2) is 0 Å². The van der Waals surface area contributed by atoms with E-state index < -0.39 is 5.92 Å². The van der Waals surface area contributed by atoms with Gasteiger partial charge in [0.05, 0.1) is 22.0 Å². The molecule has 1 fully saturated rings. The summed E-state index contributed by atoms with van der Waals surface area (Å²) in [6.07, 6.45) is 0.440. The molecule has 1 heterocycles. The minimum absolute atomic E-state index is 0.0855. The van der Waals surface area contributed by atoms with Crippen molar-refractivity contribution in [2.75, 3.05) is 0 Å². The average molecular weight is 313 g/mol. The van der Waals surface area contributed by atoms with E-state index in [9.17, 15) is 14.0 Å². The van der Waals surface area contributed by atoms with Crippen LogP contribution in [0.25, 0.3) is 0 Å². The van der Waals surface area contributed by atoms with Gasteiger partial charge in [0.2, 0.25) is 5.92 Å². The van der Waals surface area contributed by atoms with Crippen LogP contribution in [-0.2, 0) is 5.41 Å². The number of aromatic nitrogens is 1. The van der Waals surface area contributed by atoms with E-state index >= 15 is 0 Å². The SMILES string of the molecule is CC(C)(C)c1nc(C2CCC(F)(F)CC2)c(C#N)cc1Cl. The lowest BCUT2D eigenvalue weighted by molar-refractivity contribution is -0.0385. The summed E-state index contributed by atoms with van der Waals surface area (Å²) in [5.41, 5.74) is 1.50. The maximum atomic E-state index is 13.3. The van der Waals surface area contributed by atoms with Crippen molar-refractivity contribution in [2.45, 2.75) is 63.7 Å². The van der Waals surface area contributed by atoms with Crippen molar-refractivity contribution >= 4 is 11.6 Å². The molecule has 0 aliphatic heterocycles. The van der Waals surface area contributed by atoms with Gasteiger partial charge in [-0.05, 0) is 18.9 Å². The van der Waals surface area contributed by atoms with Crippen LogP contribution in [0.4, 0.5) is 8.78 Å². The number of hydrogen-bond donors (Lipinski definition) is 0. The third-order valence-electron chi connectivity index (χ3n) is 3.94. The molecule has 1 aliphatic carbocycles. The van der Waals surface area contributed by atoms with E-state index in [0.29, 0.717) is 29.1 Å². The largest absolute Gasteiger partial charge is 0.254 e. The highest BCUT2D eigenvalue weighted by Crippen LogP contribution is 2.42. The van der Waals surface area contributed by atoms with Crippen LogP contribution < -0.4 is 0 Å². The third-order valence-corrected chi connectivity index (χ3v) is 4.23. The smallest absolute Gasteiger partial charge is 0.248 e. The Morgan fingerprint density at radius 1 is 1.33 bits per heavy atom. The van der Waals surface area contributed by atoms with Gasteiger partial charge in [-0.15, -0.1) is 0 Å². The second-order valence-corrected chi connectivity index (χ2v) is 7.15. The van der Waals surface area contributed by atoms with Gasteiger partial charge in [-0.2, -0.15) is 5.26 Å². The standard InChI is InChI=1S/C16H19ClF2N2/c1-15(2,3)14-12(17)8-11(9-20)13(21-14)10-4-6-16(18,19)7-5-10/h8,10H,4-7H2,1-3H3. The van der Waals surface area contributed by atoms with Crippen LogP contribution in [0.15, 0.2) is 6.07 Å². The number of halogens is 3. The first-order valence-electron chi connectivity index (χ1n) is 7.13. The van der Waals surface area contributed by atoms with Crippen molar-refractivity contribution in [1.82, 2.24) is 4.98 Å². The van der Waals surface area contributed by atoms with E-state index in [4.69, 9.17) is 11.6 Å². The molecule has 0 N–H and O–H groups in total. The molecule has 2 rings (SSSR count). The Morgan fingerprint density at radius 3 is 2.38 bits per heavy atom. The lowest BCUT2D eigenvalue weighted by Gasteiger charge is -2.29. The van der Waals surface area contributed by atoms with Crippen LogP contribution in [0.2, 0.25) is 5.02 Å². The molecule has 1 saturated carbocycles. The van der Waals surface area contributed by atoms with Gasteiger partial charge in [-0.1, -0.05) is 32.4 Å². The Labute approximate surface area is 129 Å². The summed E-state index contributed by atoms with van der Waals surface area (Å²) < 4.78 is 26.6. The summed E-state index contributed by atoms with van der Waals surface area (Å²) in [6, 6.07) is 3.72. The molecule has 5 heteroatoms. The first-order valence-corrected chi connectivity index (χ1v) is 7.51. The fraction of sp³-hybridized carbons (Fsp3) is 0.625. The van der Waals surface area contributed by atoms with E-state index in [0.717, 1.165) is 5.69 Å². The Balaban J connectivity index is 2.41. The van der Waals surface area contributed by atoms with Gasteiger partial charge in [0, 0.05) is 24.2 Å². The molecule has 0 radical (unpaired) electrons. The minimum Gasteiger partial charge on any atom is -0.254 e. The summed E-state index contributed by atoms with van der Waals surface area (Å²) in [5.74, 6) is -2.67. The quantitative estimate of drug-likeness (QED) is 0.715. The average Bonchev–Trinajstić information content (AvgIpc) is 2.37. The Hall–Kier alpha value is -1.21. The summed E-state index contributed by atoms with van der Waals surface area (Å²) >= 11 is 6.22. The third kappa shape index (κ3) is 3.52. The molecule has 2 nitrogen and oxygen atoms in total. The van der Waals surface area contributed by atoms with Crippen molar-refractivity contribution in [1.29, 1.82) is 5.26 Å². The summed E-state index contributed by atoms with van der Waals surface area (Å²) in [6.45, 7) is 5.98. The van der Waals surface area contributed by atoms with Gasteiger partial charge in [-0.3, -0.25) is 4.98 Å². The second kappa shape index (κ2) is 5.53. The molecule has 1 aromatic rings. The Morgan fingerprint density at radius 2 is 1.90 bits per heavy atom. The second-order valence-electron chi connectivity index (χ2n) is 6.74. The van der Waals surface area contributed by atoms with Crippen LogP contribution in [-0.4, -0.2) is 10.9 Å². The van der Waals surface area contributed by atoms with Crippen LogP contribution >= 0.6 is 11.6 Å². The molecule has 1 aromatic heterocycles. The molecular formula is C16H19ClF2N2. The van der Waals surface area contributed by atoms with Gasteiger partial charge >= 0.3 is 0 Å². The maximum Gasteiger partial charge on any atom is 0.248 e. The Kier molecular flexibility index (Phi) is 4.26. The number of rotatable bonds is 1. The lowest BCUT2D eigenvalue weighted by atomic mass is 9.82. The minimum atomic E-state index is -2.58. The van der Waals surface area contributed by atoms with E-state index in [1.807, 2.05) is 20.8 Å². The van der Waals surface area contributed by atoms with Crippen LogP contribution in [0, 0.1) is 11.3 Å². The monoisotopic (exact) mass is 312 g/mol. The van der Waals surface area contributed by atoms with Crippen molar-refractivity contribution in [3.05, 3.63) is 28.0 Å². The highest BCUT2D eigenvalue weighted by atomic mass is 35.5. The maximum absolute atomic E-state index is 13.3. The number of alkyl halides is 2. The summed E-state index contributed by atoms with van der Waals surface area (Å²) in [7, 11) is 0. The molecule has 1 aliphatic rings. The normalized spacial score (nSPS) is 19.3. The van der Waals surface area contributed by atoms with E-state index in [1.54, 1.807) is 6.07 Å². The molecule has 0 saturated heterocycles. The molecule has 0 bridgehead atoms. The molecular weight excluding hydrogens is 294 g/mol. The highest BCUT2D eigenvalue weighted by molar-refractivity contribution is 6.31. The zero-order valence-corrected chi connectivity index (χ0v) is 13.3. The topological polar surface area (TPSA) is 36.7 Å². The fourth-order valence-electron chi connectivity index (χ4n) is 2.74. The Bertz CT molecular complexity index is 575. The number of hydrogen-bond acceptors (Lipinski definition) is 2. The fourth-order valence-corrected chi connectivity index (χ4v) is 3.18. The zero-order valence-electron chi connectivity index (χ0n) is 12.5. The number of nitrogens with zero attached hydrogens (tertiary/aromatic N) is 2. The molecule has 114 valence electrons. The van der Waals surface area contributed by atoms with Crippen LogP contribution in [0.5, 0.6) is 0 Å². The first-order chi connectivity index (χ1) is 9.64. The van der Waals surface area contributed by atoms with Gasteiger partial charge in [-0.25, -0.2) is 8.78 Å². The van der Waals surface area contributed by atoms with Gasteiger partial charge in [0.1, 0.15) is 6.07 Å². The molecule has 0 spiro atoms. The summed E-state index contributed by atoms with van der Waals surface area (Å²) in [4.78, 5) is 4.59. The first kappa shape index (κ1) is 16.2. The van der Waals surface area contributed by atoms with Crippen molar-refractivity contribution in [3.63, 3.8) is 0 Å². The lowest BCUT2D eigenvalue weighted by Crippen LogP contribution is -2.25. The molecule has 21 heavy (non-hydrogen) atoms. The van der Waals surface area contributed by atoms with Crippen LogP contribution in [0.3, 0.4) is 0 Å². The zero-order chi connectivity index (χ0) is 15.8. The van der Waals surface area contributed by atoms with E-state index in [1.165, 1.54) is 0 Å². The molecule has 0 unspecified atom stereocenters. The van der Waals surface area contributed by atoms with E-state index in [-0.39, 0.29) is 24.2 Å². The van der Waals surface area contributed by atoms with E-state index in [2.05, 4.69) is 11.1 Å². The highest BCUT2D eigenvalue weighted by Gasteiger charge is 2.37.